The minimum absolute atomic E-state index is 0.0853. The van der Waals surface area contributed by atoms with E-state index in [2.05, 4.69) is 38.3 Å². The van der Waals surface area contributed by atoms with Crippen molar-refractivity contribution in [3.05, 3.63) is 81.7 Å². The van der Waals surface area contributed by atoms with Crippen LogP contribution in [0.3, 0.4) is 0 Å². The lowest BCUT2D eigenvalue weighted by atomic mass is 9.64. The van der Waals surface area contributed by atoms with Crippen molar-refractivity contribution in [3.8, 4) is 5.75 Å². The Labute approximate surface area is 230 Å². The van der Waals surface area contributed by atoms with Crippen LogP contribution in [0, 0.1) is 24.7 Å². The number of allylic oxidation sites excluding steroid dienone is 4. The summed E-state index contributed by atoms with van der Waals surface area (Å²) in [5.74, 6) is 0.0130. The Morgan fingerprint density at radius 1 is 0.897 bits per heavy atom. The van der Waals surface area contributed by atoms with Gasteiger partial charge in [0, 0.05) is 47.0 Å². The molecule has 6 heteroatoms. The van der Waals surface area contributed by atoms with Gasteiger partial charge in [-0.3, -0.25) is 14.4 Å². The van der Waals surface area contributed by atoms with Gasteiger partial charge in [0.15, 0.2) is 18.2 Å². The van der Waals surface area contributed by atoms with Crippen molar-refractivity contribution < 1.29 is 19.1 Å². The van der Waals surface area contributed by atoms with Gasteiger partial charge in [-0.1, -0.05) is 52.0 Å². The highest BCUT2D eigenvalue weighted by Crippen LogP contribution is 2.51. The molecule has 5 rings (SSSR count). The fraction of sp³-hybridized carbons (Fsp3) is 0.424. The van der Waals surface area contributed by atoms with Crippen molar-refractivity contribution in [1.29, 1.82) is 0 Å². The van der Waals surface area contributed by atoms with Crippen molar-refractivity contribution in [2.24, 2.45) is 10.8 Å². The molecule has 0 atom stereocenters. The highest BCUT2D eigenvalue weighted by Gasteiger charge is 2.46. The van der Waals surface area contributed by atoms with Crippen molar-refractivity contribution in [3.63, 3.8) is 0 Å². The summed E-state index contributed by atoms with van der Waals surface area (Å²) < 4.78 is 5.90. The van der Waals surface area contributed by atoms with Crippen LogP contribution in [0.15, 0.2) is 65.0 Å². The molecule has 0 saturated heterocycles. The Balaban J connectivity index is 1.44. The number of amides is 1. The monoisotopic (exact) mass is 526 g/mol. The molecule has 1 aliphatic heterocycles. The van der Waals surface area contributed by atoms with Crippen LogP contribution in [-0.2, 0) is 14.4 Å². The molecule has 39 heavy (non-hydrogen) atoms. The maximum absolute atomic E-state index is 13.5. The molecule has 6 nitrogen and oxygen atoms in total. The highest BCUT2D eigenvalue weighted by molar-refractivity contribution is 6.06. The van der Waals surface area contributed by atoms with Crippen LogP contribution in [0.5, 0.6) is 5.75 Å². The van der Waals surface area contributed by atoms with E-state index in [4.69, 9.17) is 4.74 Å². The fourth-order valence-electron chi connectivity index (χ4n) is 6.23. The number of rotatable bonds is 5. The van der Waals surface area contributed by atoms with Gasteiger partial charge >= 0.3 is 0 Å². The number of benzene rings is 2. The summed E-state index contributed by atoms with van der Waals surface area (Å²) in [5, 5.41) is 6.47. The quantitative estimate of drug-likeness (QED) is 0.478. The van der Waals surface area contributed by atoms with E-state index in [0.717, 1.165) is 46.6 Å². The van der Waals surface area contributed by atoms with E-state index >= 15 is 0 Å². The zero-order valence-electron chi connectivity index (χ0n) is 23.8. The molecule has 0 saturated carbocycles. The van der Waals surface area contributed by atoms with Crippen LogP contribution in [-0.4, -0.2) is 24.1 Å². The third kappa shape index (κ3) is 5.42. The van der Waals surface area contributed by atoms with Gasteiger partial charge in [-0.05, 0) is 72.4 Å². The van der Waals surface area contributed by atoms with E-state index in [9.17, 15) is 14.4 Å². The van der Waals surface area contributed by atoms with Crippen LogP contribution >= 0.6 is 0 Å². The minimum Gasteiger partial charge on any atom is -0.484 e. The number of Topliss-reactive ketones (excluding diaryl/α,β-unsaturated/α-hetero) is 2. The largest absolute Gasteiger partial charge is 0.484 e. The van der Waals surface area contributed by atoms with E-state index in [1.165, 1.54) is 0 Å². The molecular formula is C33H38N2O4. The van der Waals surface area contributed by atoms with Crippen molar-refractivity contribution in [2.45, 2.75) is 73.1 Å². The Bertz CT molecular complexity index is 1390. The van der Waals surface area contributed by atoms with Crippen molar-refractivity contribution >= 4 is 23.2 Å². The number of aryl methyl sites for hydroxylation is 1. The number of hydrogen-bond donors (Lipinski definition) is 2. The van der Waals surface area contributed by atoms with Crippen LogP contribution in [0.4, 0.5) is 5.69 Å². The maximum atomic E-state index is 13.5. The van der Waals surface area contributed by atoms with Gasteiger partial charge in [-0.25, -0.2) is 0 Å². The predicted octanol–water partition coefficient (Wildman–Crippen LogP) is 6.29. The summed E-state index contributed by atoms with van der Waals surface area (Å²) >= 11 is 0. The number of anilines is 1. The SMILES string of the molecule is Cc1cccc(NC(=O)COc2cccc(C3C4=C(CC(C)(C)CC4=O)NC4=C3C(=O)CC(C)(C)C4)c2)c1C. The molecule has 0 bridgehead atoms. The fourth-order valence-corrected chi connectivity index (χ4v) is 6.23. The minimum atomic E-state index is -0.434. The van der Waals surface area contributed by atoms with Crippen LogP contribution < -0.4 is 15.4 Å². The first kappa shape index (κ1) is 26.9. The van der Waals surface area contributed by atoms with E-state index in [1.54, 1.807) is 6.07 Å². The third-order valence-corrected chi connectivity index (χ3v) is 8.16. The Hall–Kier alpha value is -3.67. The van der Waals surface area contributed by atoms with Crippen LogP contribution in [0.25, 0.3) is 0 Å². The number of ketones is 2. The molecule has 2 aliphatic carbocycles. The number of carbonyl (C=O) groups excluding carboxylic acids is 3. The Morgan fingerprint density at radius 3 is 2.10 bits per heavy atom. The van der Waals surface area contributed by atoms with Crippen molar-refractivity contribution in [2.75, 3.05) is 11.9 Å². The molecule has 3 aliphatic rings. The van der Waals surface area contributed by atoms with Gasteiger partial charge in [0.25, 0.3) is 5.91 Å². The van der Waals surface area contributed by atoms with E-state index in [1.807, 2.05) is 50.2 Å². The van der Waals surface area contributed by atoms with E-state index in [0.29, 0.717) is 29.7 Å². The molecule has 2 N–H and O–H groups in total. The Morgan fingerprint density at radius 2 is 1.49 bits per heavy atom. The molecule has 0 aromatic heterocycles. The molecule has 2 aromatic carbocycles. The van der Waals surface area contributed by atoms with Crippen LogP contribution in [0.2, 0.25) is 0 Å². The zero-order valence-corrected chi connectivity index (χ0v) is 23.8. The normalized spacial score (nSPS) is 20.3. The summed E-state index contributed by atoms with van der Waals surface area (Å²) in [6.45, 7) is 12.3. The summed E-state index contributed by atoms with van der Waals surface area (Å²) in [6, 6.07) is 13.3. The zero-order chi connectivity index (χ0) is 28.1. The number of nitrogens with one attached hydrogen (secondary N) is 2. The second-order valence-electron chi connectivity index (χ2n) is 12.9. The second kappa shape index (κ2) is 9.82. The van der Waals surface area contributed by atoms with Gasteiger partial charge in [0.05, 0.1) is 0 Å². The third-order valence-electron chi connectivity index (χ3n) is 8.16. The standard InChI is InChI=1S/C33H38N2O4/c1-19-9-7-12-23(20(19)2)35-28(38)18-39-22-11-8-10-21(13-22)29-30-24(14-32(3,4)16-26(30)36)34-25-15-33(5,6)17-27(37)31(25)29/h7-13,29,34H,14-18H2,1-6H3,(H,35,38). The molecule has 1 amide bonds. The molecular weight excluding hydrogens is 488 g/mol. The van der Waals surface area contributed by atoms with Crippen molar-refractivity contribution in [1.82, 2.24) is 5.32 Å². The predicted molar refractivity (Wildman–Crippen MR) is 152 cm³/mol. The molecule has 0 spiro atoms. The summed E-state index contributed by atoms with van der Waals surface area (Å²) in [7, 11) is 0. The molecule has 204 valence electrons. The number of carbonyl (C=O) groups is 3. The van der Waals surface area contributed by atoms with Gasteiger partial charge in [0.1, 0.15) is 5.75 Å². The lowest BCUT2D eigenvalue weighted by molar-refractivity contribution is -0.119. The molecule has 0 fully saturated rings. The smallest absolute Gasteiger partial charge is 0.262 e. The lowest BCUT2D eigenvalue weighted by Gasteiger charge is -2.44. The average Bonchev–Trinajstić information content (AvgIpc) is 2.83. The molecule has 0 radical (unpaired) electrons. The number of dihydropyridines is 1. The van der Waals surface area contributed by atoms with Gasteiger partial charge < -0.3 is 15.4 Å². The molecule has 1 heterocycles. The lowest BCUT2D eigenvalue weighted by Crippen LogP contribution is -2.42. The highest BCUT2D eigenvalue weighted by atomic mass is 16.5. The first-order chi connectivity index (χ1) is 18.3. The first-order valence-corrected chi connectivity index (χ1v) is 13.7. The Kier molecular flexibility index (Phi) is 6.78. The maximum Gasteiger partial charge on any atom is 0.262 e. The summed E-state index contributed by atoms with van der Waals surface area (Å²) in [4.78, 5) is 39.8. The summed E-state index contributed by atoms with van der Waals surface area (Å²) in [6.07, 6.45) is 2.40. The van der Waals surface area contributed by atoms with Crippen LogP contribution in [0.1, 0.15) is 76.0 Å². The topological polar surface area (TPSA) is 84.5 Å². The molecule has 2 aromatic rings. The van der Waals surface area contributed by atoms with Gasteiger partial charge in [0.2, 0.25) is 0 Å². The summed E-state index contributed by atoms with van der Waals surface area (Å²) in [5.41, 5.74) is 6.71. The average molecular weight is 527 g/mol. The van der Waals surface area contributed by atoms with E-state index in [-0.39, 0.29) is 34.9 Å². The van der Waals surface area contributed by atoms with Gasteiger partial charge in [-0.15, -0.1) is 0 Å². The number of hydrogen-bond acceptors (Lipinski definition) is 5. The van der Waals surface area contributed by atoms with Gasteiger partial charge in [-0.2, -0.15) is 0 Å². The first-order valence-electron chi connectivity index (χ1n) is 13.7. The number of ether oxygens (including phenoxy) is 1. The van der Waals surface area contributed by atoms with E-state index < -0.39 is 5.92 Å². The molecule has 0 unspecified atom stereocenters. The second-order valence-corrected chi connectivity index (χ2v) is 12.9.